The number of carbonyl (C=O) groups excluding carboxylic acids is 2. The molecule has 6 heteroatoms. The summed E-state index contributed by atoms with van der Waals surface area (Å²) >= 11 is 0. The van der Waals surface area contributed by atoms with Crippen molar-refractivity contribution in [2.45, 2.75) is 44.6 Å². The first-order chi connectivity index (χ1) is 13.1. The summed E-state index contributed by atoms with van der Waals surface area (Å²) in [4.78, 5) is 28.4. The summed E-state index contributed by atoms with van der Waals surface area (Å²) in [6.45, 7) is 2.00. The Morgan fingerprint density at radius 3 is 2.85 bits per heavy atom. The molecule has 1 N–H and O–H groups in total. The third-order valence-electron chi connectivity index (χ3n) is 5.71. The zero-order chi connectivity index (χ0) is 19.2. The number of benzene rings is 1. The zero-order valence-corrected chi connectivity index (χ0v) is 16.4. The lowest BCUT2D eigenvalue weighted by atomic mass is 10.1. The highest BCUT2D eigenvalue weighted by Gasteiger charge is 2.36. The highest BCUT2D eigenvalue weighted by molar-refractivity contribution is 5.79. The average molecular weight is 373 g/mol. The SMILES string of the molecule is COc1cccc(CCNC(=O)N(C)C[C@@H]2CC(=O)N(C3CCCC3)C2)c1. The molecule has 148 valence electrons. The highest BCUT2D eigenvalue weighted by Crippen LogP contribution is 2.29. The number of amides is 3. The molecule has 6 nitrogen and oxygen atoms in total. The maximum Gasteiger partial charge on any atom is 0.317 e. The Morgan fingerprint density at radius 1 is 1.33 bits per heavy atom. The Bertz CT molecular complexity index is 658. The number of ether oxygens (including phenoxy) is 1. The van der Waals surface area contributed by atoms with Gasteiger partial charge in [0.2, 0.25) is 5.91 Å². The van der Waals surface area contributed by atoms with Gasteiger partial charge >= 0.3 is 6.03 Å². The third-order valence-corrected chi connectivity index (χ3v) is 5.71. The van der Waals surface area contributed by atoms with Gasteiger partial charge in [0.15, 0.2) is 0 Å². The molecule has 1 saturated carbocycles. The van der Waals surface area contributed by atoms with Crippen molar-refractivity contribution in [3.63, 3.8) is 0 Å². The van der Waals surface area contributed by atoms with Crippen molar-refractivity contribution >= 4 is 11.9 Å². The number of nitrogens with one attached hydrogen (secondary N) is 1. The molecule has 0 unspecified atom stereocenters. The summed E-state index contributed by atoms with van der Waals surface area (Å²) in [5.41, 5.74) is 1.13. The lowest BCUT2D eigenvalue weighted by molar-refractivity contribution is -0.129. The van der Waals surface area contributed by atoms with Gasteiger partial charge in [-0.2, -0.15) is 0 Å². The topological polar surface area (TPSA) is 61.9 Å². The molecule has 3 rings (SSSR count). The van der Waals surface area contributed by atoms with E-state index in [-0.39, 0.29) is 17.9 Å². The van der Waals surface area contributed by atoms with Crippen LogP contribution in [-0.2, 0) is 11.2 Å². The van der Waals surface area contributed by atoms with Crippen LogP contribution in [0.1, 0.15) is 37.7 Å². The van der Waals surface area contributed by atoms with E-state index in [2.05, 4.69) is 10.2 Å². The molecule has 3 amide bonds. The lowest BCUT2D eigenvalue weighted by Crippen LogP contribution is -2.41. The van der Waals surface area contributed by atoms with Gasteiger partial charge < -0.3 is 19.9 Å². The fraction of sp³-hybridized carbons (Fsp3) is 0.619. The van der Waals surface area contributed by atoms with Crippen LogP contribution in [0.5, 0.6) is 5.75 Å². The van der Waals surface area contributed by atoms with Gasteiger partial charge in [0, 0.05) is 45.1 Å². The van der Waals surface area contributed by atoms with Crippen molar-refractivity contribution in [1.82, 2.24) is 15.1 Å². The van der Waals surface area contributed by atoms with Gasteiger partial charge in [0.05, 0.1) is 7.11 Å². The molecule has 27 heavy (non-hydrogen) atoms. The van der Waals surface area contributed by atoms with Crippen LogP contribution >= 0.6 is 0 Å². The van der Waals surface area contributed by atoms with Crippen molar-refractivity contribution in [1.29, 1.82) is 0 Å². The molecule has 1 heterocycles. The number of carbonyl (C=O) groups is 2. The predicted molar refractivity (Wildman–Crippen MR) is 105 cm³/mol. The minimum atomic E-state index is -0.0790. The number of rotatable bonds is 7. The van der Waals surface area contributed by atoms with E-state index in [1.165, 1.54) is 12.8 Å². The van der Waals surface area contributed by atoms with Gasteiger partial charge in [-0.05, 0) is 37.0 Å². The second-order valence-corrected chi connectivity index (χ2v) is 7.77. The van der Waals surface area contributed by atoms with Gasteiger partial charge in [0.1, 0.15) is 5.75 Å². The smallest absolute Gasteiger partial charge is 0.317 e. The molecule has 0 aromatic heterocycles. The van der Waals surface area contributed by atoms with Gasteiger partial charge in [-0.15, -0.1) is 0 Å². The van der Waals surface area contributed by atoms with Crippen LogP contribution in [0.4, 0.5) is 4.79 Å². The number of methoxy groups -OCH3 is 1. The summed E-state index contributed by atoms with van der Waals surface area (Å²) in [6.07, 6.45) is 6.06. The molecule has 2 fully saturated rings. The number of urea groups is 1. The molecule has 0 bridgehead atoms. The van der Waals surface area contributed by atoms with Crippen molar-refractivity contribution in [3.05, 3.63) is 29.8 Å². The van der Waals surface area contributed by atoms with E-state index in [1.54, 1.807) is 12.0 Å². The first-order valence-corrected chi connectivity index (χ1v) is 9.98. The number of hydrogen-bond donors (Lipinski definition) is 1. The monoisotopic (exact) mass is 373 g/mol. The Morgan fingerprint density at radius 2 is 2.11 bits per heavy atom. The molecular weight excluding hydrogens is 342 g/mol. The molecule has 0 radical (unpaired) electrons. The fourth-order valence-electron chi connectivity index (χ4n) is 4.25. The average Bonchev–Trinajstić information content (AvgIpc) is 3.31. The minimum absolute atomic E-state index is 0.0790. The molecular formula is C21H31N3O3. The van der Waals surface area contributed by atoms with Crippen molar-refractivity contribution in [2.24, 2.45) is 5.92 Å². The number of hydrogen-bond acceptors (Lipinski definition) is 3. The summed E-state index contributed by atoms with van der Waals surface area (Å²) in [5, 5.41) is 2.97. The first-order valence-electron chi connectivity index (χ1n) is 9.98. The van der Waals surface area contributed by atoms with Gasteiger partial charge in [-0.1, -0.05) is 25.0 Å². The van der Waals surface area contributed by atoms with Crippen LogP contribution in [0, 0.1) is 5.92 Å². The van der Waals surface area contributed by atoms with Crippen LogP contribution in [0.2, 0.25) is 0 Å². The van der Waals surface area contributed by atoms with E-state index in [0.29, 0.717) is 25.6 Å². The summed E-state index contributed by atoms with van der Waals surface area (Å²) in [6, 6.07) is 8.23. The van der Waals surface area contributed by atoms with Crippen molar-refractivity contribution in [3.8, 4) is 5.75 Å². The Kier molecular flexibility index (Phi) is 6.58. The number of nitrogens with zero attached hydrogens (tertiary/aromatic N) is 2. The molecule has 1 atom stereocenters. The lowest BCUT2D eigenvalue weighted by Gasteiger charge is -2.25. The van der Waals surface area contributed by atoms with E-state index in [9.17, 15) is 9.59 Å². The third kappa shape index (κ3) is 5.15. The summed E-state index contributed by atoms with van der Waals surface area (Å²) < 4.78 is 5.22. The first kappa shape index (κ1) is 19.5. The van der Waals surface area contributed by atoms with Crippen LogP contribution in [-0.4, -0.2) is 61.6 Å². The van der Waals surface area contributed by atoms with Crippen LogP contribution in [0.15, 0.2) is 24.3 Å². The van der Waals surface area contributed by atoms with E-state index in [1.807, 2.05) is 31.3 Å². The molecule has 1 aliphatic heterocycles. The van der Waals surface area contributed by atoms with E-state index in [4.69, 9.17) is 4.74 Å². The molecule has 1 aliphatic carbocycles. The van der Waals surface area contributed by atoms with Gasteiger partial charge in [-0.3, -0.25) is 4.79 Å². The maximum absolute atomic E-state index is 12.4. The van der Waals surface area contributed by atoms with Crippen LogP contribution < -0.4 is 10.1 Å². The minimum Gasteiger partial charge on any atom is -0.497 e. The molecule has 1 aromatic rings. The van der Waals surface area contributed by atoms with Crippen LogP contribution in [0.3, 0.4) is 0 Å². The van der Waals surface area contributed by atoms with Crippen molar-refractivity contribution in [2.75, 3.05) is 33.8 Å². The second kappa shape index (κ2) is 9.11. The standard InChI is InChI=1S/C21H31N3O3/c1-23(14-17-13-20(25)24(15-17)18-7-3-4-8-18)21(26)22-11-10-16-6-5-9-19(12-16)27-2/h5-6,9,12,17-18H,3-4,7-8,10-11,13-15H2,1-2H3,(H,22,26)/t17-/m0/s1. The Balaban J connectivity index is 1.40. The summed E-state index contributed by atoms with van der Waals surface area (Å²) in [5.74, 6) is 1.33. The van der Waals surface area contributed by atoms with Crippen LogP contribution in [0.25, 0.3) is 0 Å². The Labute approximate surface area is 161 Å². The molecule has 1 aromatic carbocycles. The van der Waals surface area contributed by atoms with E-state index < -0.39 is 0 Å². The number of likely N-dealkylation sites (tertiary alicyclic amines) is 1. The normalized spacial score (nSPS) is 20.1. The van der Waals surface area contributed by atoms with E-state index >= 15 is 0 Å². The molecule has 2 aliphatic rings. The summed E-state index contributed by atoms with van der Waals surface area (Å²) in [7, 11) is 3.46. The second-order valence-electron chi connectivity index (χ2n) is 7.77. The zero-order valence-electron chi connectivity index (χ0n) is 16.4. The van der Waals surface area contributed by atoms with Crippen molar-refractivity contribution < 1.29 is 14.3 Å². The molecule has 0 spiro atoms. The van der Waals surface area contributed by atoms with Gasteiger partial charge in [0.25, 0.3) is 0 Å². The van der Waals surface area contributed by atoms with Gasteiger partial charge in [-0.25, -0.2) is 4.79 Å². The Hall–Kier alpha value is -2.24. The van der Waals surface area contributed by atoms with E-state index in [0.717, 1.165) is 37.1 Å². The fourth-order valence-corrected chi connectivity index (χ4v) is 4.25. The quantitative estimate of drug-likeness (QED) is 0.799. The highest BCUT2D eigenvalue weighted by atomic mass is 16.5. The molecule has 1 saturated heterocycles. The largest absolute Gasteiger partial charge is 0.497 e. The maximum atomic E-state index is 12.4. The predicted octanol–water partition coefficient (Wildman–Crippen LogP) is 2.67.